The van der Waals surface area contributed by atoms with Crippen LogP contribution in [0, 0.1) is 0 Å². The Morgan fingerprint density at radius 3 is 2.67 bits per heavy atom. The van der Waals surface area contributed by atoms with Crippen LogP contribution in [-0.2, 0) is 4.79 Å². The summed E-state index contributed by atoms with van der Waals surface area (Å²) in [5, 5.41) is 0. The Morgan fingerprint density at radius 2 is 1.85 bits per heavy atom. The molecule has 5 nitrogen and oxygen atoms in total. The van der Waals surface area contributed by atoms with E-state index in [9.17, 15) is 4.79 Å². The zero-order valence-electron chi connectivity index (χ0n) is 15.5. The first-order valence-corrected chi connectivity index (χ1v) is 11.2. The van der Waals surface area contributed by atoms with Gasteiger partial charge in [-0.3, -0.25) is 4.79 Å². The first-order chi connectivity index (χ1) is 13.2. The second-order valence-electron chi connectivity index (χ2n) is 7.25. The minimum atomic E-state index is 0.121. The van der Waals surface area contributed by atoms with E-state index in [2.05, 4.69) is 17.0 Å². The number of thiocarbonyl (C=S) groups is 1. The van der Waals surface area contributed by atoms with Crippen molar-refractivity contribution >= 4 is 34.2 Å². The highest BCUT2D eigenvalue weighted by Gasteiger charge is 2.31. The highest BCUT2D eigenvalue weighted by molar-refractivity contribution is 8.23. The molecular formula is C20H26N2O3S2. The average Bonchev–Trinajstić information content (AvgIpc) is 3.34. The van der Waals surface area contributed by atoms with Gasteiger partial charge in [0.25, 0.3) is 0 Å². The maximum absolute atomic E-state index is 12.9. The average molecular weight is 407 g/mol. The summed E-state index contributed by atoms with van der Waals surface area (Å²) in [6.07, 6.45) is 5.32. The third-order valence-corrected chi connectivity index (χ3v) is 6.92. The number of carbonyl (C=O) groups is 1. The molecule has 3 aliphatic rings. The Bertz CT molecular complexity index is 706. The fourth-order valence-electron chi connectivity index (χ4n) is 4.00. The fourth-order valence-corrected chi connectivity index (χ4v) is 5.13. The van der Waals surface area contributed by atoms with E-state index in [1.165, 1.54) is 24.6 Å². The number of hydrogen-bond acceptors (Lipinski definition) is 5. The predicted octanol–water partition coefficient (Wildman–Crippen LogP) is 3.63. The first-order valence-electron chi connectivity index (χ1n) is 9.83. The van der Waals surface area contributed by atoms with Crippen LogP contribution in [-0.4, -0.2) is 58.6 Å². The van der Waals surface area contributed by atoms with Crippen LogP contribution in [0.1, 0.15) is 43.7 Å². The Kier molecular flexibility index (Phi) is 6.08. The van der Waals surface area contributed by atoms with Gasteiger partial charge in [-0.1, -0.05) is 30.0 Å². The molecule has 3 aliphatic heterocycles. The number of benzene rings is 1. The molecule has 1 aromatic carbocycles. The summed E-state index contributed by atoms with van der Waals surface area (Å²) in [6, 6.07) is 6.23. The van der Waals surface area contributed by atoms with Gasteiger partial charge in [0, 0.05) is 26.1 Å². The van der Waals surface area contributed by atoms with E-state index in [0.717, 1.165) is 60.3 Å². The molecule has 4 rings (SSSR count). The standard InChI is InChI=1S/C20H26N2O3S2/c23-19(14-27-20(26)21-8-1-2-9-21)22-10-3-5-16(22)15-6-7-17-18(13-15)25-12-4-11-24-17/h6-7,13,16H,1-5,8-12,14H2/t16-/m1/s1. The molecule has 0 radical (unpaired) electrons. The Balaban J connectivity index is 1.40. The van der Waals surface area contributed by atoms with Crippen LogP contribution in [0.5, 0.6) is 11.5 Å². The molecule has 0 unspecified atom stereocenters. The van der Waals surface area contributed by atoms with E-state index >= 15 is 0 Å². The van der Waals surface area contributed by atoms with Gasteiger partial charge in [-0.2, -0.15) is 0 Å². The van der Waals surface area contributed by atoms with Crippen LogP contribution in [0.15, 0.2) is 18.2 Å². The number of fused-ring (bicyclic) bond motifs is 1. The summed E-state index contributed by atoms with van der Waals surface area (Å²) in [4.78, 5) is 17.1. The fraction of sp³-hybridized carbons (Fsp3) is 0.600. The van der Waals surface area contributed by atoms with E-state index in [-0.39, 0.29) is 11.9 Å². The minimum absolute atomic E-state index is 0.121. The number of carbonyl (C=O) groups excluding carboxylic acids is 1. The first kappa shape index (κ1) is 18.9. The number of nitrogens with zero attached hydrogens (tertiary/aromatic N) is 2. The third-order valence-electron chi connectivity index (χ3n) is 5.41. The quantitative estimate of drug-likeness (QED) is 0.714. The van der Waals surface area contributed by atoms with Crippen LogP contribution in [0.3, 0.4) is 0 Å². The van der Waals surface area contributed by atoms with Crippen molar-refractivity contribution in [2.45, 2.75) is 38.1 Å². The number of amides is 1. The zero-order valence-corrected chi connectivity index (χ0v) is 17.2. The molecule has 1 aromatic rings. The molecule has 27 heavy (non-hydrogen) atoms. The van der Waals surface area contributed by atoms with Gasteiger partial charge >= 0.3 is 0 Å². The van der Waals surface area contributed by atoms with Crippen LogP contribution in [0.4, 0.5) is 0 Å². The van der Waals surface area contributed by atoms with Gasteiger partial charge in [-0.05, 0) is 43.4 Å². The zero-order chi connectivity index (χ0) is 18.6. The molecule has 0 N–H and O–H groups in total. The van der Waals surface area contributed by atoms with Gasteiger partial charge in [0.15, 0.2) is 11.5 Å². The Hall–Kier alpha value is -1.47. The SMILES string of the molecule is O=C(CSC(=S)N1CCCC1)N1CCC[C@@H]1c1ccc2c(c1)OCCCO2. The molecular weight excluding hydrogens is 380 g/mol. The summed E-state index contributed by atoms with van der Waals surface area (Å²) < 4.78 is 12.4. The number of ether oxygens (including phenoxy) is 2. The van der Waals surface area contributed by atoms with E-state index < -0.39 is 0 Å². The summed E-state index contributed by atoms with van der Waals surface area (Å²) in [6.45, 7) is 4.24. The lowest BCUT2D eigenvalue weighted by Gasteiger charge is -2.26. The van der Waals surface area contributed by atoms with Crippen LogP contribution < -0.4 is 9.47 Å². The molecule has 2 saturated heterocycles. The molecule has 0 bridgehead atoms. The lowest BCUT2D eigenvalue weighted by atomic mass is 10.0. The van der Waals surface area contributed by atoms with Crippen LogP contribution in [0.25, 0.3) is 0 Å². The molecule has 3 heterocycles. The largest absolute Gasteiger partial charge is 0.490 e. The van der Waals surface area contributed by atoms with Crippen molar-refractivity contribution in [2.75, 3.05) is 38.6 Å². The van der Waals surface area contributed by atoms with Gasteiger partial charge in [0.05, 0.1) is 25.0 Å². The van der Waals surface area contributed by atoms with E-state index in [4.69, 9.17) is 21.7 Å². The molecule has 1 amide bonds. The third kappa shape index (κ3) is 4.35. The Morgan fingerprint density at radius 1 is 1.07 bits per heavy atom. The van der Waals surface area contributed by atoms with Gasteiger partial charge < -0.3 is 19.3 Å². The molecule has 0 spiro atoms. The minimum Gasteiger partial charge on any atom is -0.490 e. The molecule has 7 heteroatoms. The molecule has 0 aromatic heterocycles. The monoisotopic (exact) mass is 406 g/mol. The van der Waals surface area contributed by atoms with Crippen molar-refractivity contribution in [1.82, 2.24) is 9.80 Å². The number of thioether (sulfide) groups is 1. The highest BCUT2D eigenvalue weighted by Crippen LogP contribution is 2.38. The lowest BCUT2D eigenvalue weighted by molar-refractivity contribution is -0.129. The lowest BCUT2D eigenvalue weighted by Crippen LogP contribution is -2.33. The van der Waals surface area contributed by atoms with Crippen molar-refractivity contribution in [3.8, 4) is 11.5 Å². The predicted molar refractivity (Wildman–Crippen MR) is 112 cm³/mol. The van der Waals surface area contributed by atoms with Crippen molar-refractivity contribution < 1.29 is 14.3 Å². The van der Waals surface area contributed by atoms with Crippen LogP contribution >= 0.6 is 24.0 Å². The molecule has 0 aliphatic carbocycles. The highest BCUT2D eigenvalue weighted by atomic mass is 32.2. The summed E-state index contributed by atoms with van der Waals surface area (Å²) >= 11 is 7.01. The molecule has 146 valence electrons. The molecule has 0 saturated carbocycles. The second kappa shape index (κ2) is 8.69. The van der Waals surface area contributed by atoms with E-state index in [1.807, 2.05) is 11.0 Å². The molecule has 2 fully saturated rings. The van der Waals surface area contributed by atoms with Gasteiger partial charge in [0.1, 0.15) is 4.32 Å². The van der Waals surface area contributed by atoms with E-state index in [0.29, 0.717) is 19.0 Å². The van der Waals surface area contributed by atoms with Gasteiger partial charge in [0.2, 0.25) is 5.91 Å². The van der Waals surface area contributed by atoms with Crippen molar-refractivity contribution in [2.24, 2.45) is 0 Å². The normalized spacial score (nSPS) is 22.0. The van der Waals surface area contributed by atoms with Crippen molar-refractivity contribution in [3.05, 3.63) is 23.8 Å². The van der Waals surface area contributed by atoms with Gasteiger partial charge in [-0.25, -0.2) is 0 Å². The number of hydrogen-bond donors (Lipinski definition) is 0. The number of likely N-dealkylation sites (tertiary alicyclic amines) is 2. The summed E-state index contributed by atoms with van der Waals surface area (Å²) in [5.74, 6) is 2.21. The Labute approximate surface area is 170 Å². The van der Waals surface area contributed by atoms with Crippen molar-refractivity contribution in [1.29, 1.82) is 0 Å². The van der Waals surface area contributed by atoms with Crippen LogP contribution in [0.2, 0.25) is 0 Å². The topological polar surface area (TPSA) is 42.0 Å². The van der Waals surface area contributed by atoms with E-state index in [1.54, 1.807) is 0 Å². The second-order valence-corrected chi connectivity index (χ2v) is 8.86. The molecule has 1 atom stereocenters. The summed E-state index contributed by atoms with van der Waals surface area (Å²) in [5.41, 5.74) is 1.14. The smallest absolute Gasteiger partial charge is 0.233 e. The maximum atomic E-state index is 12.9. The van der Waals surface area contributed by atoms with Crippen molar-refractivity contribution in [3.63, 3.8) is 0 Å². The number of rotatable bonds is 3. The van der Waals surface area contributed by atoms with Gasteiger partial charge in [-0.15, -0.1) is 0 Å². The summed E-state index contributed by atoms with van der Waals surface area (Å²) in [7, 11) is 0. The maximum Gasteiger partial charge on any atom is 0.233 e.